The third-order valence-electron chi connectivity index (χ3n) is 2.18. The topological polar surface area (TPSA) is 57.1 Å². The van der Waals surface area contributed by atoms with Gasteiger partial charge >= 0.3 is 12.0 Å². The van der Waals surface area contributed by atoms with E-state index in [0.29, 0.717) is 17.9 Å². The second-order valence-corrected chi connectivity index (χ2v) is 3.95. The SMILES string of the molecule is CCOc1nc(Cl)nc(Oc2ccc(F)c(C)c2)n1. The summed E-state index contributed by atoms with van der Waals surface area (Å²) in [6.45, 7) is 3.82. The van der Waals surface area contributed by atoms with E-state index in [1.54, 1.807) is 13.8 Å². The second-order valence-electron chi connectivity index (χ2n) is 3.62. The van der Waals surface area contributed by atoms with E-state index in [9.17, 15) is 4.39 Å². The highest BCUT2D eigenvalue weighted by atomic mass is 35.5. The summed E-state index contributed by atoms with van der Waals surface area (Å²) in [5.74, 6) is 0.0969. The quantitative estimate of drug-likeness (QED) is 0.862. The van der Waals surface area contributed by atoms with Crippen LogP contribution < -0.4 is 9.47 Å². The van der Waals surface area contributed by atoms with Crippen LogP contribution in [0.5, 0.6) is 17.8 Å². The molecular formula is C12H11ClFN3O2. The Kier molecular flexibility index (Phi) is 4.11. The number of halogens is 2. The number of ether oxygens (including phenoxy) is 2. The zero-order valence-corrected chi connectivity index (χ0v) is 11.1. The molecule has 19 heavy (non-hydrogen) atoms. The van der Waals surface area contributed by atoms with Crippen LogP contribution in [0.25, 0.3) is 0 Å². The second kappa shape index (κ2) is 5.79. The molecule has 5 nitrogen and oxygen atoms in total. The first kappa shape index (κ1) is 13.5. The number of hydrogen-bond acceptors (Lipinski definition) is 5. The fourth-order valence-electron chi connectivity index (χ4n) is 1.34. The number of rotatable bonds is 4. The predicted molar refractivity (Wildman–Crippen MR) is 67.2 cm³/mol. The van der Waals surface area contributed by atoms with E-state index in [1.807, 2.05) is 0 Å². The Hall–Kier alpha value is -1.95. The molecule has 2 aromatic rings. The van der Waals surface area contributed by atoms with Gasteiger partial charge in [-0.25, -0.2) is 4.39 Å². The van der Waals surface area contributed by atoms with Crippen LogP contribution in [0.4, 0.5) is 4.39 Å². The molecule has 1 heterocycles. The van der Waals surface area contributed by atoms with E-state index in [2.05, 4.69) is 15.0 Å². The molecule has 0 fully saturated rings. The summed E-state index contributed by atoms with van der Waals surface area (Å²) in [6.07, 6.45) is 0. The maximum Gasteiger partial charge on any atom is 0.329 e. The molecule has 0 aliphatic rings. The van der Waals surface area contributed by atoms with Crippen molar-refractivity contribution in [1.29, 1.82) is 0 Å². The summed E-state index contributed by atoms with van der Waals surface area (Å²) in [7, 11) is 0. The van der Waals surface area contributed by atoms with Crippen molar-refractivity contribution in [3.63, 3.8) is 0 Å². The van der Waals surface area contributed by atoms with Crippen molar-refractivity contribution < 1.29 is 13.9 Å². The Morgan fingerprint density at radius 3 is 2.63 bits per heavy atom. The molecule has 0 spiro atoms. The highest BCUT2D eigenvalue weighted by molar-refractivity contribution is 6.28. The average Bonchev–Trinajstić information content (AvgIpc) is 2.33. The van der Waals surface area contributed by atoms with E-state index in [-0.39, 0.29) is 23.1 Å². The molecule has 0 aliphatic carbocycles. The first-order valence-electron chi connectivity index (χ1n) is 5.57. The summed E-state index contributed by atoms with van der Waals surface area (Å²) in [6, 6.07) is 4.38. The van der Waals surface area contributed by atoms with Crippen molar-refractivity contribution in [2.24, 2.45) is 0 Å². The van der Waals surface area contributed by atoms with Gasteiger partial charge in [-0.1, -0.05) is 0 Å². The molecule has 2 rings (SSSR count). The van der Waals surface area contributed by atoms with Gasteiger partial charge in [0.15, 0.2) is 0 Å². The zero-order chi connectivity index (χ0) is 13.8. The van der Waals surface area contributed by atoms with Crippen LogP contribution in [-0.2, 0) is 0 Å². The van der Waals surface area contributed by atoms with Crippen LogP contribution >= 0.6 is 11.6 Å². The molecule has 0 saturated carbocycles. The fraction of sp³-hybridized carbons (Fsp3) is 0.250. The minimum atomic E-state index is -0.309. The van der Waals surface area contributed by atoms with Crippen LogP contribution in [0.2, 0.25) is 5.28 Å². The predicted octanol–water partition coefficient (Wildman–Crippen LogP) is 3.16. The van der Waals surface area contributed by atoms with Gasteiger partial charge in [0.2, 0.25) is 5.28 Å². The van der Waals surface area contributed by atoms with Crippen LogP contribution in [0.15, 0.2) is 18.2 Å². The maximum atomic E-state index is 13.1. The molecule has 0 bridgehead atoms. The van der Waals surface area contributed by atoms with E-state index in [1.165, 1.54) is 18.2 Å². The van der Waals surface area contributed by atoms with E-state index in [0.717, 1.165) is 0 Å². The summed E-state index contributed by atoms with van der Waals surface area (Å²) in [4.78, 5) is 11.5. The van der Waals surface area contributed by atoms with Gasteiger partial charge in [0, 0.05) is 0 Å². The molecule has 0 unspecified atom stereocenters. The van der Waals surface area contributed by atoms with Crippen LogP contribution in [0, 0.1) is 12.7 Å². The van der Waals surface area contributed by atoms with Gasteiger partial charge in [0.05, 0.1) is 6.61 Å². The molecule has 100 valence electrons. The Labute approximate surface area is 114 Å². The summed E-state index contributed by atoms with van der Waals surface area (Å²) >= 11 is 5.73. The Morgan fingerprint density at radius 2 is 1.95 bits per heavy atom. The number of aryl methyl sites for hydroxylation is 1. The van der Waals surface area contributed by atoms with Crippen LogP contribution in [0.3, 0.4) is 0 Å². The van der Waals surface area contributed by atoms with Gasteiger partial charge in [-0.2, -0.15) is 9.97 Å². The first-order chi connectivity index (χ1) is 9.08. The molecule has 0 atom stereocenters. The first-order valence-corrected chi connectivity index (χ1v) is 5.94. The van der Waals surface area contributed by atoms with Gasteiger partial charge in [-0.15, -0.1) is 4.98 Å². The van der Waals surface area contributed by atoms with Crippen LogP contribution in [0.1, 0.15) is 12.5 Å². The number of hydrogen-bond donors (Lipinski definition) is 0. The lowest BCUT2D eigenvalue weighted by Gasteiger charge is -2.06. The molecule has 0 N–H and O–H groups in total. The molecule has 0 saturated heterocycles. The zero-order valence-electron chi connectivity index (χ0n) is 10.4. The minimum Gasteiger partial charge on any atom is -0.464 e. The Bertz CT molecular complexity index is 595. The lowest BCUT2D eigenvalue weighted by Crippen LogP contribution is -2.01. The maximum absolute atomic E-state index is 13.1. The summed E-state index contributed by atoms with van der Waals surface area (Å²) in [5, 5.41) is -0.0349. The largest absolute Gasteiger partial charge is 0.464 e. The van der Waals surface area contributed by atoms with Gasteiger partial charge in [0.1, 0.15) is 11.6 Å². The number of benzene rings is 1. The molecular weight excluding hydrogens is 273 g/mol. The molecule has 7 heteroatoms. The van der Waals surface area contributed by atoms with Crippen molar-refractivity contribution in [3.05, 3.63) is 34.9 Å². The monoisotopic (exact) mass is 283 g/mol. The molecule has 0 aliphatic heterocycles. The highest BCUT2D eigenvalue weighted by Crippen LogP contribution is 2.22. The average molecular weight is 284 g/mol. The van der Waals surface area contributed by atoms with Gasteiger partial charge in [0.25, 0.3) is 0 Å². The highest BCUT2D eigenvalue weighted by Gasteiger charge is 2.09. The van der Waals surface area contributed by atoms with E-state index >= 15 is 0 Å². The van der Waals surface area contributed by atoms with Crippen molar-refractivity contribution in [2.75, 3.05) is 6.61 Å². The third-order valence-corrected chi connectivity index (χ3v) is 2.35. The fourth-order valence-corrected chi connectivity index (χ4v) is 1.48. The van der Waals surface area contributed by atoms with Crippen molar-refractivity contribution in [1.82, 2.24) is 15.0 Å². The molecule has 1 aromatic carbocycles. The van der Waals surface area contributed by atoms with Crippen LogP contribution in [-0.4, -0.2) is 21.6 Å². The van der Waals surface area contributed by atoms with E-state index < -0.39 is 0 Å². The lowest BCUT2D eigenvalue weighted by molar-refractivity contribution is 0.303. The lowest BCUT2D eigenvalue weighted by atomic mass is 10.2. The van der Waals surface area contributed by atoms with Gasteiger partial charge in [-0.05, 0) is 49.2 Å². The van der Waals surface area contributed by atoms with Crippen molar-refractivity contribution in [3.8, 4) is 17.8 Å². The van der Waals surface area contributed by atoms with Gasteiger partial charge < -0.3 is 9.47 Å². The third kappa shape index (κ3) is 3.51. The smallest absolute Gasteiger partial charge is 0.329 e. The molecule has 0 radical (unpaired) electrons. The van der Waals surface area contributed by atoms with Gasteiger partial charge in [-0.3, -0.25) is 0 Å². The molecule has 0 amide bonds. The minimum absolute atomic E-state index is 0.00513. The Morgan fingerprint density at radius 1 is 1.21 bits per heavy atom. The summed E-state index contributed by atoms with van der Waals surface area (Å²) < 4.78 is 23.6. The molecule has 1 aromatic heterocycles. The van der Waals surface area contributed by atoms with Crippen molar-refractivity contribution in [2.45, 2.75) is 13.8 Å². The Balaban J connectivity index is 2.24. The van der Waals surface area contributed by atoms with Crippen molar-refractivity contribution >= 4 is 11.6 Å². The summed E-state index contributed by atoms with van der Waals surface area (Å²) in [5.41, 5.74) is 0.461. The standard InChI is InChI=1S/C12H11ClFN3O2/c1-3-18-11-15-10(13)16-12(17-11)19-8-4-5-9(14)7(2)6-8/h4-6H,3H2,1-2H3. The number of nitrogens with zero attached hydrogens (tertiary/aromatic N) is 3. The van der Waals surface area contributed by atoms with E-state index in [4.69, 9.17) is 21.1 Å². The number of aromatic nitrogens is 3. The normalized spacial score (nSPS) is 10.3.